The van der Waals surface area contributed by atoms with Crippen molar-refractivity contribution >= 4 is 5.78 Å². The Hall–Kier alpha value is -2.09. The summed E-state index contributed by atoms with van der Waals surface area (Å²) in [5, 5.41) is 0. The molecule has 0 fully saturated rings. The summed E-state index contributed by atoms with van der Waals surface area (Å²) < 4.78 is 5.62. The summed E-state index contributed by atoms with van der Waals surface area (Å²) in [6, 6.07) is 18.5. The molecule has 0 aliphatic heterocycles. The molecule has 0 aliphatic carbocycles. The van der Waals surface area contributed by atoms with E-state index >= 15 is 0 Å². The van der Waals surface area contributed by atoms with Crippen LogP contribution in [0, 0.1) is 5.41 Å². The van der Waals surface area contributed by atoms with Crippen molar-refractivity contribution in [2.24, 2.45) is 5.41 Å². The third kappa shape index (κ3) is 4.22. The normalized spacial score (nSPS) is 12.0. The topological polar surface area (TPSA) is 26.3 Å². The Morgan fingerprint density at radius 3 is 1.87 bits per heavy atom. The maximum absolute atomic E-state index is 11.9. The molecule has 2 nitrogen and oxygen atoms in total. The lowest BCUT2D eigenvalue weighted by Gasteiger charge is -2.26. The molecule has 2 aromatic rings. The average Bonchev–Trinajstić information content (AvgIpc) is 2.53. The zero-order chi connectivity index (χ0) is 17.1. The molecule has 2 heteroatoms. The molecule has 23 heavy (non-hydrogen) atoms. The van der Waals surface area contributed by atoms with Crippen LogP contribution in [-0.4, -0.2) is 12.4 Å². The Labute approximate surface area is 139 Å². The monoisotopic (exact) mass is 310 g/mol. The molecule has 0 radical (unpaired) electrons. The molecule has 122 valence electrons. The minimum atomic E-state index is -0.366. The van der Waals surface area contributed by atoms with Crippen LogP contribution in [0.15, 0.2) is 54.6 Å². The van der Waals surface area contributed by atoms with Crippen molar-refractivity contribution in [1.82, 2.24) is 0 Å². The van der Waals surface area contributed by atoms with Crippen LogP contribution in [-0.2, 0) is 10.2 Å². The van der Waals surface area contributed by atoms with Gasteiger partial charge in [0.1, 0.15) is 12.4 Å². The number of Topliss-reactive ketones (excluding diaryl/α,β-unsaturated/α-hetero) is 1. The molecule has 0 atom stereocenters. The molecule has 2 aromatic carbocycles. The van der Waals surface area contributed by atoms with E-state index in [0.29, 0.717) is 0 Å². The first-order valence-corrected chi connectivity index (χ1v) is 8.03. The summed E-state index contributed by atoms with van der Waals surface area (Å²) in [7, 11) is 0. The second-order valence-electron chi connectivity index (χ2n) is 7.48. The van der Waals surface area contributed by atoms with E-state index in [1.807, 2.05) is 39.0 Å². The molecule has 0 amide bonds. The van der Waals surface area contributed by atoms with Crippen molar-refractivity contribution in [3.8, 4) is 5.75 Å². The minimum Gasteiger partial charge on any atom is -0.486 e. The van der Waals surface area contributed by atoms with Crippen molar-refractivity contribution in [3.05, 3.63) is 65.7 Å². The number of hydrogen-bond donors (Lipinski definition) is 0. The van der Waals surface area contributed by atoms with Gasteiger partial charge in [-0.15, -0.1) is 0 Å². The van der Waals surface area contributed by atoms with E-state index in [9.17, 15) is 4.79 Å². The van der Waals surface area contributed by atoms with Crippen LogP contribution in [0.1, 0.15) is 45.7 Å². The van der Waals surface area contributed by atoms with Gasteiger partial charge in [-0.25, -0.2) is 0 Å². The van der Waals surface area contributed by atoms with Gasteiger partial charge >= 0.3 is 0 Å². The molecular weight excluding hydrogens is 284 g/mol. The molecule has 0 aromatic heterocycles. The molecule has 0 aliphatic rings. The van der Waals surface area contributed by atoms with Gasteiger partial charge in [0.25, 0.3) is 0 Å². The van der Waals surface area contributed by atoms with Gasteiger partial charge < -0.3 is 4.74 Å². The van der Waals surface area contributed by atoms with Gasteiger partial charge in [0.2, 0.25) is 0 Å². The Balaban J connectivity index is 2.09. The summed E-state index contributed by atoms with van der Waals surface area (Å²) in [6.45, 7) is 10.3. The van der Waals surface area contributed by atoms with E-state index in [1.54, 1.807) is 0 Å². The number of hydrogen-bond acceptors (Lipinski definition) is 2. The fraction of sp³-hybridized carbons (Fsp3) is 0.381. The van der Waals surface area contributed by atoms with Crippen LogP contribution < -0.4 is 4.74 Å². The van der Waals surface area contributed by atoms with E-state index in [-0.39, 0.29) is 23.2 Å². The maximum atomic E-state index is 11.9. The molecule has 0 saturated heterocycles. The van der Waals surface area contributed by atoms with Gasteiger partial charge in [-0.1, -0.05) is 77.1 Å². The van der Waals surface area contributed by atoms with Crippen LogP contribution in [0.25, 0.3) is 0 Å². The van der Waals surface area contributed by atoms with Crippen LogP contribution >= 0.6 is 0 Å². The van der Waals surface area contributed by atoms with E-state index in [4.69, 9.17) is 4.74 Å². The van der Waals surface area contributed by atoms with Crippen molar-refractivity contribution in [2.75, 3.05) is 6.61 Å². The Kier molecular flexibility index (Phi) is 4.93. The summed E-state index contributed by atoms with van der Waals surface area (Å²) in [4.78, 5) is 11.9. The fourth-order valence-electron chi connectivity index (χ4n) is 2.35. The second kappa shape index (κ2) is 6.57. The van der Waals surface area contributed by atoms with E-state index in [2.05, 4.69) is 50.2 Å². The van der Waals surface area contributed by atoms with Crippen molar-refractivity contribution in [3.63, 3.8) is 0 Å². The lowest BCUT2D eigenvalue weighted by atomic mass is 9.78. The molecule has 2 rings (SSSR count). The first-order valence-electron chi connectivity index (χ1n) is 8.03. The summed E-state index contributed by atoms with van der Waals surface area (Å²) >= 11 is 0. The predicted molar refractivity (Wildman–Crippen MR) is 95.0 cm³/mol. The highest BCUT2D eigenvalue weighted by atomic mass is 16.5. The molecular formula is C21H26O2. The second-order valence-corrected chi connectivity index (χ2v) is 7.48. The van der Waals surface area contributed by atoms with Gasteiger partial charge in [0, 0.05) is 10.8 Å². The highest BCUT2D eigenvalue weighted by Gasteiger charge is 2.23. The Bertz CT molecular complexity index is 646. The van der Waals surface area contributed by atoms with E-state index < -0.39 is 0 Å². The predicted octanol–water partition coefficient (Wildman–Crippen LogP) is 5.01. The quantitative estimate of drug-likeness (QED) is 0.776. The van der Waals surface area contributed by atoms with Crippen molar-refractivity contribution in [1.29, 1.82) is 0 Å². The van der Waals surface area contributed by atoms with Gasteiger partial charge in [0.05, 0.1) is 0 Å². The van der Waals surface area contributed by atoms with E-state index in [1.165, 1.54) is 11.1 Å². The van der Waals surface area contributed by atoms with Gasteiger partial charge in [-0.3, -0.25) is 4.79 Å². The maximum Gasteiger partial charge on any atom is 0.175 e. The van der Waals surface area contributed by atoms with Crippen LogP contribution in [0.3, 0.4) is 0 Å². The molecule has 0 heterocycles. The number of rotatable bonds is 5. The highest BCUT2D eigenvalue weighted by Crippen LogP contribution is 2.32. The molecule has 0 N–H and O–H groups in total. The lowest BCUT2D eigenvalue weighted by molar-refractivity contribution is -0.128. The fourth-order valence-corrected chi connectivity index (χ4v) is 2.35. The summed E-state index contributed by atoms with van der Waals surface area (Å²) in [5.41, 5.74) is 2.06. The third-order valence-electron chi connectivity index (χ3n) is 4.28. The minimum absolute atomic E-state index is 0.0684. The van der Waals surface area contributed by atoms with Crippen LogP contribution in [0.2, 0.25) is 0 Å². The molecule has 0 unspecified atom stereocenters. The molecule has 0 bridgehead atoms. The number of carbonyl (C=O) groups excluding carboxylic acids is 1. The summed E-state index contributed by atoms with van der Waals surface area (Å²) in [5.74, 6) is 0.835. The number of ether oxygens (including phenoxy) is 1. The zero-order valence-electron chi connectivity index (χ0n) is 14.7. The van der Waals surface area contributed by atoms with Crippen molar-refractivity contribution < 1.29 is 9.53 Å². The smallest absolute Gasteiger partial charge is 0.175 e. The standard InChI is InChI=1S/C21H26O2/c1-20(2,3)19(22)15-23-18-13-11-17(12-14-18)21(4,5)16-9-7-6-8-10-16/h6-14H,15H2,1-5H3. The largest absolute Gasteiger partial charge is 0.486 e. The van der Waals surface area contributed by atoms with Crippen LogP contribution in [0.4, 0.5) is 0 Å². The van der Waals surface area contributed by atoms with E-state index in [0.717, 1.165) is 5.75 Å². The Morgan fingerprint density at radius 2 is 1.35 bits per heavy atom. The zero-order valence-corrected chi connectivity index (χ0v) is 14.7. The molecule has 0 saturated carbocycles. The van der Waals surface area contributed by atoms with Crippen LogP contribution in [0.5, 0.6) is 5.75 Å². The van der Waals surface area contributed by atoms with Gasteiger partial charge in [-0.2, -0.15) is 0 Å². The van der Waals surface area contributed by atoms with Gasteiger partial charge in [0.15, 0.2) is 5.78 Å². The highest BCUT2D eigenvalue weighted by molar-refractivity contribution is 5.85. The lowest BCUT2D eigenvalue weighted by Crippen LogP contribution is -2.26. The SMILES string of the molecule is CC(C)(C)C(=O)COc1ccc(C(C)(C)c2ccccc2)cc1. The average molecular weight is 310 g/mol. The number of carbonyl (C=O) groups is 1. The number of benzene rings is 2. The first-order chi connectivity index (χ1) is 10.7. The summed E-state index contributed by atoms with van der Waals surface area (Å²) in [6.07, 6.45) is 0. The first kappa shape index (κ1) is 17.3. The van der Waals surface area contributed by atoms with Gasteiger partial charge in [-0.05, 0) is 23.3 Å². The third-order valence-corrected chi connectivity index (χ3v) is 4.28. The van der Waals surface area contributed by atoms with Crippen molar-refractivity contribution in [2.45, 2.75) is 40.0 Å². The molecule has 0 spiro atoms. The number of ketones is 1. The Morgan fingerprint density at radius 1 is 0.826 bits per heavy atom.